The summed E-state index contributed by atoms with van der Waals surface area (Å²) in [6, 6.07) is 11.2. The van der Waals surface area contributed by atoms with Crippen molar-refractivity contribution in [2.75, 3.05) is 150 Å². The van der Waals surface area contributed by atoms with Crippen LogP contribution in [0.3, 0.4) is 0 Å². The Morgan fingerprint density at radius 3 is 1.75 bits per heavy atom. The molecular weight excluding hydrogens is 1430 g/mol. The number of aryl methyl sites for hydroxylation is 3. The molecule has 2 atom stereocenters. The third-order valence-electron chi connectivity index (χ3n) is 16.0. The van der Waals surface area contributed by atoms with Crippen LogP contribution in [0.15, 0.2) is 82.9 Å². The lowest BCUT2D eigenvalue weighted by Gasteiger charge is -2.33. The summed E-state index contributed by atoms with van der Waals surface area (Å²) in [4.78, 5) is 126. The minimum Gasteiger partial charge on any atom is -0.494 e. The van der Waals surface area contributed by atoms with Gasteiger partial charge in [-0.05, 0) is 98.2 Å². The number of benzene rings is 3. The lowest BCUT2D eigenvalue weighted by Crippen LogP contribution is -2.53. The lowest BCUT2D eigenvalue weighted by molar-refractivity contribution is -0.140. The second-order valence-corrected chi connectivity index (χ2v) is 27.3. The maximum absolute atomic E-state index is 13.5. The van der Waals surface area contributed by atoms with Gasteiger partial charge >= 0.3 is 23.9 Å². The molecule has 590 valence electrons. The van der Waals surface area contributed by atoms with E-state index in [1.54, 1.807) is 82.8 Å². The number of anilines is 1. The van der Waals surface area contributed by atoms with Crippen LogP contribution < -0.4 is 45.7 Å². The smallest absolute Gasteiger partial charge is 0.323 e. The number of imidazole rings is 1. The molecule has 0 unspecified atom stereocenters. The third kappa shape index (κ3) is 33.3. The lowest BCUT2D eigenvalue weighted by atomic mass is 10.0. The average molecular weight is 1530 g/mol. The maximum Gasteiger partial charge on any atom is 0.323 e. The van der Waals surface area contributed by atoms with Crippen LogP contribution in [0.25, 0.3) is 10.9 Å². The highest BCUT2D eigenvalue weighted by molar-refractivity contribution is 8.15. The predicted molar refractivity (Wildman–Crippen MR) is 392 cm³/mol. The molecular formula is C68H103N13O23S2. The van der Waals surface area contributed by atoms with Gasteiger partial charge in [-0.1, -0.05) is 32.5 Å². The van der Waals surface area contributed by atoms with Gasteiger partial charge in [-0.2, -0.15) is 4.72 Å². The van der Waals surface area contributed by atoms with Gasteiger partial charge < -0.3 is 79.7 Å². The number of nitrogens with zero attached hydrogens (tertiary/aromatic N) is 6. The Bertz CT molecular complexity index is 3750. The van der Waals surface area contributed by atoms with Crippen molar-refractivity contribution in [2.45, 2.75) is 90.2 Å². The number of carbonyl (C=O) groups is 8. The number of pyridine rings is 1. The number of methoxy groups -OCH3 is 1. The Labute approximate surface area is 617 Å². The quantitative estimate of drug-likeness (QED) is 0.0249. The van der Waals surface area contributed by atoms with E-state index >= 15 is 0 Å². The molecule has 14 N–H and O–H groups in total. The summed E-state index contributed by atoms with van der Waals surface area (Å²) in [6.07, 6.45) is 7.50. The van der Waals surface area contributed by atoms with Crippen molar-refractivity contribution in [3.05, 3.63) is 111 Å². The van der Waals surface area contributed by atoms with Gasteiger partial charge in [-0.15, -0.1) is 0 Å². The SMILES string of the molecule is C.CCCOCCOCCCNC(=O)[C@@H](Cc1ccc(OS(O)(O)O)cc1)NC(=O)CN1CCN(CC(=O)O)CCN(CC(=O)O)CCN(CC(=O)O)CC1.COCCCNC(=O)CCCOc1cc(C)c(S(=O)(=O)N[C@@H](CNC(=O)c2cn(C)c3cc(CNc4ncc[nH]4)ccc3c2=O)C(=O)O)c(C)c1. The number of amides is 4. The number of rotatable bonds is 42. The van der Waals surface area contributed by atoms with Crippen LogP contribution in [-0.2, 0) is 77.8 Å². The highest BCUT2D eigenvalue weighted by Gasteiger charge is 2.31. The summed E-state index contributed by atoms with van der Waals surface area (Å²) in [5.41, 5.74) is 1.83. The van der Waals surface area contributed by atoms with E-state index in [0.717, 1.165) is 12.0 Å². The second-order valence-electron chi connectivity index (χ2n) is 24.6. The molecule has 5 aromatic rings. The summed E-state index contributed by atoms with van der Waals surface area (Å²) in [6.45, 7) is 9.00. The van der Waals surface area contributed by atoms with E-state index < -0.39 is 86.8 Å². The van der Waals surface area contributed by atoms with Crippen LogP contribution in [-0.4, -0.2) is 281 Å². The number of carboxylic acids is 4. The molecule has 3 heterocycles. The largest absolute Gasteiger partial charge is 0.494 e. The number of hydrogen-bond acceptors (Lipinski definition) is 25. The number of sulfonamides is 1. The number of ether oxygens (including phenoxy) is 4. The number of carbonyl (C=O) groups excluding carboxylic acids is 4. The Morgan fingerprint density at radius 2 is 1.21 bits per heavy atom. The average Bonchev–Trinajstić information content (AvgIpc) is 0.896. The first-order valence-electron chi connectivity index (χ1n) is 33.9. The third-order valence-corrected chi connectivity index (χ3v) is 18.2. The van der Waals surface area contributed by atoms with E-state index in [-0.39, 0.29) is 139 Å². The van der Waals surface area contributed by atoms with Crippen molar-refractivity contribution < 1.29 is 104 Å². The molecule has 1 aliphatic heterocycles. The van der Waals surface area contributed by atoms with Gasteiger partial charge in [0.05, 0.1) is 56.4 Å². The van der Waals surface area contributed by atoms with Crippen LogP contribution in [0.2, 0.25) is 0 Å². The van der Waals surface area contributed by atoms with Crippen molar-refractivity contribution in [1.29, 1.82) is 0 Å². The molecule has 4 amide bonds. The number of aromatic amines is 1. The second kappa shape index (κ2) is 46.2. The van der Waals surface area contributed by atoms with Crippen molar-refractivity contribution in [2.24, 2.45) is 7.05 Å². The molecule has 1 aliphatic rings. The summed E-state index contributed by atoms with van der Waals surface area (Å²) in [5.74, 6) is -5.75. The number of nitrogens with one attached hydrogen (secondary N) is 7. The topological polar surface area (TPSA) is 494 Å². The first kappa shape index (κ1) is 89.5. The van der Waals surface area contributed by atoms with Gasteiger partial charge in [0.25, 0.3) is 17.1 Å². The maximum atomic E-state index is 13.5. The molecule has 0 saturated carbocycles. The number of aromatic nitrogens is 3. The van der Waals surface area contributed by atoms with Crippen molar-refractivity contribution in [3.63, 3.8) is 0 Å². The molecule has 38 heteroatoms. The number of aliphatic carboxylic acids is 4. The van der Waals surface area contributed by atoms with Gasteiger partial charge in [-0.25, -0.2) is 13.4 Å². The van der Waals surface area contributed by atoms with Crippen molar-refractivity contribution in [1.82, 2.24) is 60.1 Å². The Balaban J connectivity index is 0.000000445. The molecule has 106 heavy (non-hydrogen) atoms. The van der Waals surface area contributed by atoms with E-state index in [4.69, 9.17) is 18.9 Å². The molecule has 1 saturated heterocycles. The molecule has 0 aliphatic carbocycles. The number of fused-ring (bicyclic) bond motifs is 1. The Kier molecular flexibility index (Phi) is 39.0. The zero-order chi connectivity index (χ0) is 77.1. The molecule has 3 aromatic carbocycles. The van der Waals surface area contributed by atoms with Crippen LogP contribution in [0, 0.1) is 13.8 Å². The van der Waals surface area contributed by atoms with Gasteiger partial charge in [-0.3, -0.25) is 76.4 Å². The highest BCUT2D eigenvalue weighted by Crippen LogP contribution is 2.36. The predicted octanol–water partition coefficient (Wildman–Crippen LogP) is 2.26. The molecule has 0 bridgehead atoms. The number of carboxylic acid groups (broad SMARTS) is 4. The van der Waals surface area contributed by atoms with E-state index in [1.807, 2.05) is 6.92 Å². The van der Waals surface area contributed by atoms with E-state index in [1.165, 1.54) is 42.6 Å². The number of H-pyrrole nitrogens is 1. The standard InChI is InChI=1S/C34H43N7O9S.C33H56N6O14S.CH4/c1-21-15-24(50-14-5-7-29(42)35-10-6-13-49-4)16-22(2)31(21)51(47,48)40-27(33(45)46)19-38-32(44)26-20-41(3)28-17-23(8-9-25(28)30(26)43)18-39-34-36-11-12-37-34;1-2-17-51-19-20-52-18-3-8-34-33(47)28(21-26-4-6-27(7-5-26)53-54(48,49)50)35-29(40)22-36-9-11-37(23-30(41)42)13-15-39(25-32(45)46)16-14-38(12-10-36)24-31(43)44;/h8-9,11-12,15-17,20,27,40H,5-7,10,13-14,18-19H2,1-4H3,(H,35,42)(H,38,44)(H,45,46)(H2,36,37,39);4-7,28,48-50H,2-3,8-25H2,1H3,(H,34,47)(H,35,40)(H,41,42)(H,43,44)(H,45,46);1H4/t27-;28-;/m01./s1. The van der Waals surface area contributed by atoms with Gasteiger partial charge in [0, 0.05) is 149 Å². The summed E-state index contributed by atoms with van der Waals surface area (Å²) in [5, 5.41) is 52.4. The van der Waals surface area contributed by atoms with Gasteiger partial charge in [0.2, 0.25) is 33.2 Å². The Hall–Kier alpha value is -8.90. The zero-order valence-electron chi connectivity index (χ0n) is 59.5. The van der Waals surface area contributed by atoms with E-state index in [0.29, 0.717) is 99.3 Å². The monoisotopic (exact) mass is 1530 g/mol. The fourth-order valence-electron chi connectivity index (χ4n) is 10.9. The minimum atomic E-state index is -4.39. The molecule has 6 rings (SSSR count). The molecule has 2 aromatic heterocycles. The molecule has 36 nitrogen and oxygen atoms in total. The van der Waals surface area contributed by atoms with Gasteiger partial charge in [0.15, 0.2) is 5.95 Å². The van der Waals surface area contributed by atoms with Crippen LogP contribution in [0.5, 0.6) is 11.5 Å². The highest BCUT2D eigenvalue weighted by atomic mass is 32.3. The van der Waals surface area contributed by atoms with E-state index in [2.05, 4.69) is 45.5 Å². The Morgan fingerprint density at radius 1 is 0.651 bits per heavy atom. The first-order valence-corrected chi connectivity index (χ1v) is 36.8. The summed E-state index contributed by atoms with van der Waals surface area (Å²) < 4.78 is 84.4. The van der Waals surface area contributed by atoms with Crippen LogP contribution in [0.1, 0.15) is 79.1 Å². The zero-order valence-corrected chi connectivity index (χ0v) is 61.2. The summed E-state index contributed by atoms with van der Waals surface area (Å²) in [7, 11) is -1.13. The minimum absolute atomic E-state index is 0. The molecule has 1 fully saturated rings. The normalized spacial score (nSPS) is 14.3. The molecule has 0 spiro atoms. The van der Waals surface area contributed by atoms with Crippen molar-refractivity contribution in [3.8, 4) is 11.5 Å². The summed E-state index contributed by atoms with van der Waals surface area (Å²) >= 11 is -4.25. The van der Waals surface area contributed by atoms with Crippen LogP contribution >= 0.6 is 11.2 Å². The number of hydrogen-bond donors (Lipinski definition) is 14. The van der Waals surface area contributed by atoms with E-state index in [9.17, 15) is 85.7 Å². The first-order chi connectivity index (χ1) is 49.9. The van der Waals surface area contributed by atoms with Gasteiger partial charge in [0.1, 0.15) is 29.1 Å². The van der Waals surface area contributed by atoms with Crippen molar-refractivity contribution >= 4 is 85.5 Å². The molecule has 0 radical (unpaired) electrons. The van der Waals surface area contributed by atoms with Crippen LogP contribution in [0.4, 0.5) is 5.95 Å². The fraction of sp³-hybridized carbons (Fsp3) is 0.529. The fourth-order valence-corrected chi connectivity index (χ4v) is 12.9.